The van der Waals surface area contributed by atoms with Crippen LogP contribution in [0.5, 0.6) is 5.75 Å². The number of benzene rings is 3. The number of imide groups is 1. The zero-order valence-corrected chi connectivity index (χ0v) is 16.5. The van der Waals surface area contributed by atoms with E-state index < -0.39 is 11.8 Å². The molecule has 0 fully saturated rings. The average molecular weight is 387 g/mol. The van der Waals surface area contributed by atoms with E-state index in [1.165, 1.54) is 0 Å². The summed E-state index contributed by atoms with van der Waals surface area (Å²) < 4.78 is 5.84. The minimum Gasteiger partial charge on any atom is -0.488 e. The Balaban J connectivity index is 1.70. The third-order valence-electron chi connectivity index (χ3n) is 4.68. The number of rotatable bonds is 3. The lowest BCUT2D eigenvalue weighted by molar-refractivity contribution is -0.0377. The lowest BCUT2D eigenvalue weighted by atomic mass is 9.92. The molecule has 146 valence electrons. The van der Waals surface area contributed by atoms with Crippen LogP contribution in [0.15, 0.2) is 54.6 Å². The topological polar surface area (TPSA) is 66.8 Å². The van der Waals surface area contributed by atoms with Crippen molar-refractivity contribution in [3.05, 3.63) is 76.9 Å². The van der Waals surface area contributed by atoms with Crippen LogP contribution in [-0.2, 0) is 0 Å². The van der Waals surface area contributed by atoms with Gasteiger partial charge in [0.2, 0.25) is 0 Å². The monoisotopic (exact) mass is 387 g/mol. The fourth-order valence-electron chi connectivity index (χ4n) is 3.44. The van der Waals surface area contributed by atoms with Crippen LogP contribution in [0.1, 0.15) is 52.6 Å². The Morgan fingerprint density at radius 3 is 2.17 bits per heavy atom. The molecule has 0 saturated carbocycles. The van der Waals surface area contributed by atoms with E-state index >= 15 is 0 Å². The van der Waals surface area contributed by atoms with E-state index in [1.807, 2.05) is 69.3 Å². The fourth-order valence-corrected chi connectivity index (χ4v) is 3.44. The molecule has 0 saturated heterocycles. The Labute approximate surface area is 168 Å². The summed E-state index contributed by atoms with van der Waals surface area (Å²) in [6, 6.07) is 16.5. The molecule has 1 heterocycles. The van der Waals surface area contributed by atoms with Crippen LogP contribution < -0.4 is 4.74 Å². The second kappa shape index (κ2) is 6.87. The third-order valence-corrected chi connectivity index (χ3v) is 4.68. The molecule has 0 radical (unpaired) electrons. The second-order valence-corrected chi connectivity index (χ2v) is 7.97. The number of hydrogen-bond acceptors (Lipinski definition) is 4. The largest absolute Gasteiger partial charge is 0.488 e. The van der Waals surface area contributed by atoms with Gasteiger partial charge in [-0.05, 0) is 61.5 Å². The summed E-state index contributed by atoms with van der Waals surface area (Å²) in [5.41, 5.74) is 2.27. The van der Waals surface area contributed by atoms with Gasteiger partial charge < -0.3 is 4.74 Å². The first-order chi connectivity index (χ1) is 13.7. The van der Waals surface area contributed by atoms with Crippen molar-refractivity contribution in [3.8, 4) is 5.75 Å². The molecule has 5 heteroatoms. The highest BCUT2D eigenvalue weighted by atomic mass is 16.5. The molecule has 5 nitrogen and oxygen atoms in total. The lowest BCUT2D eigenvalue weighted by Gasteiger charge is -2.22. The number of carbonyl (C=O) groups excluding carboxylic acids is 2. The molecule has 0 aromatic heterocycles. The zero-order chi connectivity index (χ0) is 20.8. The highest BCUT2D eigenvalue weighted by molar-refractivity contribution is 6.25. The molecule has 1 N–H and O–H groups in total. The van der Waals surface area contributed by atoms with Crippen LogP contribution in [0.2, 0.25) is 0 Å². The Kier molecular flexibility index (Phi) is 4.47. The van der Waals surface area contributed by atoms with Crippen LogP contribution in [0, 0.1) is 0 Å². The summed E-state index contributed by atoms with van der Waals surface area (Å²) in [6.45, 7) is 6.01. The van der Waals surface area contributed by atoms with Crippen LogP contribution >= 0.6 is 0 Å². The predicted octanol–water partition coefficient (Wildman–Crippen LogP) is 5.17. The molecular weight excluding hydrogens is 366 g/mol. The second-order valence-electron chi connectivity index (χ2n) is 7.97. The normalized spacial score (nSPS) is 14.1. The molecule has 3 aromatic carbocycles. The molecule has 0 bridgehead atoms. The van der Waals surface area contributed by atoms with Crippen molar-refractivity contribution in [2.24, 2.45) is 0 Å². The standard InChI is InChI=1S/C24H21NO4/c1-24(2,3)29-17-12-8-15(9-13-17)7-10-16-11-14-20-21-18(16)5-4-6-19(21)22(26)25(28)23(20)27/h4-14,28H,1-3H3/b10-7+. The van der Waals surface area contributed by atoms with Gasteiger partial charge in [-0.25, -0.2) is 0 Å². The quantitative estimate of drug-likeness (QED) is 0.382. The van der Waals surface area contributed by atoms with Crippen molar-refractivity contribution in [2.75, 3.05) is 0 Å². The molecule has 0 atom stereocenters. The smallest absolute Gasteiger partial charge is 0.285 e. The lowest BCUT2D eigenvalue weighted by Crippen LogP contribution is -2.37. The van der Waals surface area contributed by atoms with Gasteiger partial charge in [0.15, 0.2) is 0 Å². The van der Waals surface area contributed by atoms with Crippen molar-refractivity contribution in [1.29, 1.82) is 0 Å². The van der Waals surface area contributed by atoms with Crippen molar-refractivity contribution in [1.82, 2.24) is 5.06 Å². The number of hydroxylamine groups is 2. The van der Waals surface area contributed by atoms with Gasteiger partial charge in [-0.3, -0.25) is 14.8 Å². The van der Waals surface area contributed by atoms with Gasteiger partial charge in [0.05, 0.1) is 11.1 Å². The maximum absolute atomic E-state index is 12.3. The Hall–Kier alpha value is -3.44. The molecule has 4 rings (SSSR count). The molecule has 3 aromatic rings. The van der Waals surface area contributed by atoms with Crippen molar-refractivity contribution < 1.29 is 19.5 Å². The molecule has 0 aliphatic carbocycles. The van der Waals surface area contributed by atoms with Crippen LogP contribution in [0.25, 0.3) is 22.9 Å². The first-order valence-corrected chi connectivity index (χ1v) is 9.35. The summed E-state index contributed by atoms with van der Waals surface area (Å²) in [6.07, 6.45) is 3.92. The Bertz CT molecular complexity index is 1130. The molecular formula is C24H21NO4. The molecule has 1 aliphatic heterocycles. The van der Waals surface area contributed by atoms with E-state index in [1.54, 1.807) is 18.2 Å². The maximum atomic E-state index is 12.3. The van der Waals surface area contributed by atoms with Gasteiger partial charge in [-0.2, -0.15) is 0 Å². The zero-order valence-electron chi connectivity index (χ0n) is 16.5. The SMILES string of the molecule is CC(C)(C)Oc1ccc(/C=C/c2ccc3c4c(cccc24)C(=O)N(O)C3=O)cc1. The number of amides is 2. The molecule has 0 unspecified atom stereocenters. The van der Waals surface area contributed by atoms with E-state index in [-0.39, 0.29) is 10.7 Å². The van der Waals surface area contributed by atoms with Gasteiger partial charge in [-0.15, -0.1) is 5.06 Å². The summed E-state index contributed by atoms with van der Waals surface area (Å²) >= 11 is 0. The highest BCUT2D eigenvalue weighted by Gasteiger charge is 2.32. The Morgan fingerprint density at radius 2 is 1.52 bits per heavy atom. The maximum Gasteiger partial charge on any atom is 0.285 e. The molecule has 2 amide bonds. The highest BCUT2D eigenvalue weighted by Crippen LogP contribution is 2.32. The Morgan fingerprint density at radius 1 is 0.862 bits per heavy atom. The number of carbonyl (C=O) groups is 2. The molecule has 1 aliphatic rings. The van der Waals surface area contributed by atoms with E-state index in [0.29, 0.717) is 16.5 Å². The van der Waals surface area contributed by atoms with Crippen molar-refractivity contribution >= 4 is 34.7 Å². The number of nitrogens with zero attached hydrogens (tertiary/aromatic N) is 1. The van der Waals surface area contributed by atoms with Crippen LogP contribution in [0.3, 0.4) is 0 Å². The van der Waals surface area contributed by atoms with Gasteiger partial charge in [-0.1, -0.05) is 42.5 Å². The van der Waals surface area contributed by atoms with Crippen LogP contribution in [-0.4, -0.2) is 27.7 Å². The minimum absolute atomic E-state index is 0.174. The van der Waals surface area contributed by atoms with Gasteiger partial charge in [0.25, 0.3) is 11.8 Å². The van der Waals surface area contributed by atoms with Crippen molar-refractivity contribution in [3.63, 3.8) is 0 Å². The number of hydrogen-bond donors (Lipinski definition) is 1. The van der Waals surface area contributed by atoms with Crippen molar-refractivity contribution in [2.45, 2.75) is 26.4 Å². The van der Waals surface area contributed by atoms with E-state index in [0.717, 1.165) is 22.3 Å². The number of ether oxygens (including phenoxy) is 1. The first kappa shape index (κ1) is 18.9. The fraction of sp³-hybridized carbons (Fsp3) is 0.167. The predicted molar refractivity (Wildman–Crippen MR) is 112 cm³/mol. The van der Waals surface area contributed by atoms with E-state index in [2.05, 4.69) is 0 Å². The van der Waals surface area contributed by atoms with Gasteiger partial charge >= 0.3 is 0 Å². The summed E-state index contributed by atoms with van der Waals surface area (Å²) in [7, 11) is 0. The van der Waals surface area contributed by atoms with Crippen LogP contribution in [0.4, 0.5) is 0 Å². The molecule has 29 heavy (non-hydrogen) atoms. The van der Waals surface area contributed by atoms with E-state index in [9.17, 15) is 14.8 Å². The summed E-state index contributed by atoms with van der Waals surface area (Å²) in [5.74, 6) is -0.603. The van der Waals surface area contributed by atoms with Gasteiger partial charge in [0, 0.05) is 5.39 Å². The first-order valence-electron chi connectivity index (χ1n) is 9.35. The van der Waals surface area contributed by atoms with Gasteiger partial charge in [0.1, 0.15) is 11.4 Å². The molecule has 0 spiro atoms. The third kappa shape index (κ3) is 3.52. The summed E-state index contributed by atoms with van der Waals surface area (Å²) in [5, 5.41) is 11.3. The minimum atomic E-state index is -0.705. The van der Waals surface area contributed by atoms with E-state index in [4.69, 9.17) is 4.74 Å². The summed E-state index contributed by atoms with van der Waals surface area (Å²) in [4.78, 5) is 24.5. The average Bonchev–Trinajstić information content (AvgIpc) is 2.69.